The zero-order valence-electron chi connectivity index (χ0n) is 14.7. The van der Waals surface area contributed by atoms with Crippen molar-refractivity contribution in [3.63, 3.8) is 0 Å². The number of carbonyl (C=O) groups excluding carboxylic acids is 2. The largest absolute Gasteiger partial charge is 0.497 e. The van der Waals surface area contributed by atoms with Gasteiger partial charge in [-0.25, -0.2) is 0 Å². The minimum Gasteiger partial charge on any atom is -0.497 e. The van der Waals surface area contributed by atoms with E-state index in [1.54, 1.807) is 39.3 Å². The SMILES string of the molecule is COc1ccc(C(C)NC(=O)C(C)NC(=O)c2cccs2)c(OC)c1. The molecule has 2 aromatic rings. The molecule has 0 bridgehead atoms. The van der Waals surface area contributed by atoms with Gasteiger partial charge in [-0.3, -0.25) is 9.59 Å². The third-order valence-electron chi connectivity index (χ3n) is 3.75. The Morgan fingerprint density at radius 2 is 1.84 bits per heavy atom. The summed E-state index contributed by atoms with van der Waals surface area (Å²) in [5, 5.41) is 7.40. The lowest BCUT2D eigenvalue weighted by molar-refractivity contribution is -0.123. The summed E-state index contributed by atoms with van der Waals surface area (Å²) in [6.45, 7) is 3.51. The Morgan fingerprint density at radius 3 is 2.44 bits per heavy atom. The van der Waals surface area contributed by atoms with E-state index in [1.165, 1.54) is 11.3 Å². The zero-order chi connectivity index (χ0) is 18.4. The van der Waals surface area contributed by atoms with Gasteiger partial charge in [0.15, 0.2) is 0 Å². The van der Waals surface area contributed by atoms with Gasteiger partial charge in [0.05, 0.1) is 25.1 Å². The molecule has 2 atom stereocenters. The van der Waals surface area contributed by atoms with Crippen LogP contribution in [-0.4, -0.2) is 32.1 Å². The molecule has 6 nitrogen and oxygen atoms in total. The predicted octanol–water partition coefficient (Wildman–Crippen LogP) is 2.76. The van der Waals surface area contributed by atoms with Gasteiger partial charge in [0.2, 0.25) is 5.91 Å². The third kappa shape index (κ3) is 4.73. The molecule has 0 aliphatic rings. The van der Waals surface area contributed by atoms with Crippen LogP contribution < -0.4 is 20.1 Å². The Labute approximate surface area is 151 Å². The molecule has 1 heterocycles. The Bertz CT molecular complexity index is 731. The Hall–Kier alpha value is -2.54. The van der Waals surface area contributed by atoms with Gasteiger partial charge in [-0.15, -0.1) is 11.3 Å². The van der Waals surface area contributed by atoms with Gasteiger partial charge < -0.3 is 20.1 Å². The van der Waals surface area contributed by atoms with Gasteiger partial charge >= 0.3 is 0 Å². The maximum Gasteiger partial charge on any atom is 0.261 e. The summed E-state index contributed by atoms with van der Waals surface area (Å²) in [5.41, 5.74) is 0.827. The predicted molar refractivity (Wildman–Crippen MR) is 97.4 cm³/mol. The minimum absolute atomic E-state index is 0.257. The van der Waals surface area contributed by atoms with Gasteiger partial charge in [-0.2, -0.15) is 0 Å². The summed E-state index contributed by atoms with van der Waals surface area (Å²) in [6.07, 6.45) is 0. The number of thiophene rings is 1. The Kier molecular flexibility index (Phi) is 6.41. The van der Waals surface area contributed by atoms with Gasteiger partial charge in [0.25, 0.3) is 5.91 Å². The number of amides is 2. The molecular formula is C18H22N2O4S. The van der Waals surface area contributed by atoms with E-state index in [0.717, 1.165) is 5.56 Å². The first-order chi connectivity index (χ1) is 12.0. The number of benzene rings is 1. The fraction of sp³-hybridized carbons (Fsp3) is 0.333. The van der Waals surface area contributed by atoms with Crippen molar-refractivity contribution in [3.05, 3.63) is 46.2 Å². The first-order valence-electron chi connectivity index (χ1n) is 7.83. The molecule has 1 aromatic carbocycles. The lowest BCUT2D eigenvalue weighted by atomic mass is 10.1. The van der Waals surface area contributed by atoms with Crippen molar-refractivity contribution in [1.29, 1.82) is 0 Å². The Morgan fingerprint density at radius 1 is 1.08 bits per heavy atom. The van der Waals surface area contributed by atoms with Crippen LogP contribution in [0.4, 0.5) is 0 Å². The summed E-state index contributed by atoms with van der Waals surface area (Å²) in [5.74, 6) is 0.778. The van der Waals surface area contributed by atoms with E-state index in [-0.39, 0.29) is 17.9 Å². The smallest absolute Gasteiger partial charge is 0.261 e. The molecule has 0 saturated heterocycles. The second kappa shape index (κ2) is 8.53. The summed E-state index contributed by atoms with van der Waals surface area (Å²) < 4.78 is 10.5. The number of nitrogens with one attached hydrogen (secondary N) is 2. The van der Waals surface area contributed by atoms with Crippen LogP contribution in [0.2, 0.25) is 0 Å². The average Bonchev–Trinajstić information content (AvgIpc) is 3.15. The highest BCUT2D eigenvalue weighted by Crippen LogP contribution is 2.29. The van der Waals surface area contributed by atoms with E-state index in [2.05, 4.69) is 10.6 Å². The maximum absolute atomic E-state index is 12.4. The van der Waals surface area contributed by atoms with Crippen molar-refractivity contribution in [2.75, 3.05) is 14.2 Å². The number of carbonyl (C=O) groups is 2. The molecule has 7 heteroatoms. The van der Waals surface area contributed by atoms with Crippen LogP contribution in [0.3, 0.4) is 0 Å². The number of hydrogen-bond acceptors (Lipinski definition) is 5. The molecule has 2 unspecified atom stereocenters. The number of methoxy groups -OCH3 is 2. The summed E-state index contributed by atoms with van der Waals surface area (Å²) >= 11 is 1.33. The van der Waals surface area contributed by atoms with Crippen molar-refractivity contribution in [3.8, 4) is 11.5 Å². The van der Waals surface area contributed by atoms with Gasteiger partial charge in [0.1, 0.15) is 17.5 Å². The van der Waals surface area contributed by atoms with Crippen LogP contribution in [0.5, 0.6) is 11.5 Å². The Balaban J connectivity index is 2.00. The quantitative estimate of drug-likeness (QED) is 0.794. The monoisotopic (exact) mass is 362 g/mol. The van der Waals surface area contributed by atoms with E-state index in [1.807, 2.05) is 24.4 Å². The summed E-state index contributed by atoms with van der Waals surface area (Å²) in [6, 6.07) is 7.99. The van der Waals surface area contributed by atoms with E-state index >= 15 is 0 Å². The lowest BCUT2D eigenvalue weighted by Crippen LogP contribution is -2.45. The molecule has 2 amide bonds. The van der Waals surface area contributed by atoms with E-state index in [4.69, 9.17) is 9.47 Å². The molecule has 0 aliphatic heterocycles. The van der Waals surface area contributed by atoms with Crippen LogP contribution in [0.1, 0.15) is 35.1 Å². The topological polar surface area (TPSA) is 76.7 Å². The molecule has 25 heavy (non-hydrogen) atoms. The van der Waals surface area contributed by atoms with Crippen molar-refractivity contribution in [2.24, 2.45) is 0 Å². The van der Waals surface area contributed by atoms with Crippen molar-refractivity contribution < 1.29 is 19.1 Å². The van der Waals surface area contributed by atoms with Crippen molar-refractivity contribution in [2.45, 2.75) is 25.9 Å². The van der Waals surface area contributed by atoms with E-state index < -0.39 is 6.04 Å². The maximum atomic E-state index is 12.4. The third-order valence-corrected chi connectivity index (χ3v) is 4.62. The van der Waals surface area contributed by atoms with Crippen LogP contribution in [0.15, 0.2) is 35.7 Å². The van der Waals surface area contributed by atoms with Gasteiger partial charge in [0, 0.05) is 11.6 Å². The van der Waals surface area contributed by atoms with Crippen LogP contribution >= 0.6 is 11.3 Å². The molecule has 0 radical (unpaired) electrons. The molecule has 0 saturated carbocycles. The summed E-state index contributed by atoms with van der Waals surface area (Å²) in [7, 11) is 3.15. The van der Waals surface area contributed by atoms with E-state index in [0.29, 0.717) is 16.4 Å². The average molecular weight is 362 g/mol. The highest BCUT2D eigenvalue weighted by Gasteiger charge is 2.21. The van der Waals surface area contributed by atoms with Crippen LogP contribution in [0.25, 0.3) is 0 Å². The molecule has 134 valence electrons. The highest BCUT2D eigenvalue weighted by atomic mass is 32.1. The molecule has 2 N–H and O–H groups in total. The molecule has 2 rings (SSSR count). The number of ether oxygens (including phenoxy) is 2. The molecule has 0 spiro atoms. The highest BCUT2D eigenvalue weighted by molar-refractivity contribution is 7.12. The standard InChI is InChI=1S/C18H22N2O4S/c1-11(14-8-7-13(23-3)10-15(14)24-4)19-17(21)12(2)20-18(22)16-6-5-9-25-16/h5-12H,1-4H3,(H,19,21)(H,20,22). The molecule has 1 aromatic heterocycles. The number of hydrogen-bond donors (Lipinski definition) is 2. The second-order valence-electron chi connectivity index (χ2n) is 5.51. The van der Waals surface area contributed by atoms with Crippen molar-refractivity contribution in [1.82, 2.24) is 10.6 Å². The van der Waals surface area contributed by atoms with Crippen LogP contribution in [-0.2, 0) is 4.79 Å². The van der Waals surface area contributed by atoms with Gasteiger partial charge in [-0.1, -0.05) is 6.07 Å². The first-order valence-corrected chi connectivity index (χ1v) is 8.71. The van der Waals surface area contributed by atoms with Crippen LogP contribution in [0, 0.1) is 0 Å². The van der Waals surface area contributed by atoms with E-state index in [9.17, 15) is 9.59 Å². The van der Waals surface area contributed by atoms with Crippen molar-refractivity contribution >= 4 is 23.2 Å². The minimum atomic E-state index is -0.652. The zero-order valence-corrected chi connectivity index (χ0v) is 15.5. The fourth-order valence-corrected chi connectivity index (χ4v) is 2.96. The fourth-order valence-electron chi connectivity index (χ4n) is 2.33. The first kappa shape index (κ1) is 18.8. The van der Waals surface area contributed by atoms with Gasteiger partial charge in [-0.05, 0) is 37.4 Å². The lowest BCUT2D eigenvalue weighted by Gasteiger charge is -2.20. The molecular weight excluding hydrogens is 340 g/mol. The summed E-state index contributed by atoms with van der Waals surface area (Å²) in [4.78, 5) is 25.0. The molecule has 0 aliphatic carbocycles. The second-order valence-corrected chi connectivity index (χ2v) is 6.46. The molecule has 0 fully saturated rings. The number of rotatable bonds is 7. The normalized spacial score (nSPS) is 12.8.